The number of hydrogen-bond acceptors (Lipinski definition) is 4. The third-order valence-corrected chi connectivity index (χ3v) is 4.68. The largest absolute Gasteiger partial charge is 0.460 e. The van der Waals surface area contributed by atoms with E-state index in [0.29, 0.717) is 33.6 Å². The first-order valence-corrected chi connectivity index (χ1v) is 8.70. The predicted octanol–water partition coefficient (Wildman–Crippen LogP) is 5.62. The Kier molecular flexibility index (Phi) is 4.04. The Balaban J connectivity index is 1.90. The molecule has 0 amide bonds. The number of benzene rings is 3. The summed E-state index contributed by atoms with van der Waals surface area (Å²) in [5.41, 5.74) is 2.69. The molecule has 0 radical (unpaired) electrons. The van der Waals surface area contributed by atoms with Crippen molar-refractivity contribution in [3.05, 3.63) is 77.0 Å². The molecule has 1 aromatic heterocycles. The van der Waals surface area contributed by atoms with Gasteiger partial charge in [-0.1, -0.05) is 42.0 Å². The van der Waals surface area contributed by atoms with Crippen molar-refractivity contribution < 1.29 is 18.7 Å². The number of aryl methyl sites for hydroxylation is 2. The highest BCUT2D eigenvalue weighted by Crippen LogP contribution is 2.38. The molecule has 0 aliphatic rings. The van der Waals surface area contributed by atoms with Crippen molar-refractivity contribution in [2.75, 3.05) is 0 Å². The molecular weight excluding hydrogens is 340 g/mol. The van der Waals surface area contributed by atoms with Crippen molar-refractivity contribution in [2.24, 2.45) is 0 Å². The number of esters is 1. The standard InChI is InChI=1S/C23H18O4/c1-13-8-10-16(11-9-13)23(25)27-20-12-19-21(14(2)24)15(3)26-22(19)18-7-5-4-6-17(18)20/h4-12H,1-3H3. The van der Waals surface area contributed by atoms with Crippen LogP contribution in [0.5, 0.6) is 5.75 Å². The first kappa shape index (κ1) is 17.0. The van der Waals surface area contributed by atoms with E-state index >= 15 is 0 Å². The van der Waals surface area contributed by atoms with E-state index in [4.69, 9.17) is 9.15 Å². The van der Waals surface area contributed by atoms with Gasteiger partial charge in [0.15, 0.2) is 5.78 Å². The molecular formula is C23H18O4. The van der Waals surface area contributed by atoms with E-state index in [0.717, 1.165) is 16.3 Å². The zero-order valence-corrected chi connectivity index (χ0v) is 15.3. The molecule has 0 unspecified atom stereocenters. The van der Waals surface area contributed by atoms with Gasteiger partial charge in [0.1, 0.15) is 17.1 Å². The Morgan fingerprint density at radius 1 is 0.889 bits per heavy atom. The molecule has 4 heteroatoms. The van der Waals surface area contributed by atoms with Crippen molar-refractivity contribution in [3.63, 3.8) is 0 Å². The number of ether oxygens (including phenoxy) is 1. The average Bonchev–Trinajstić information content (AvgIpc) is 2.98. The van der Waals surface area contributed by atoms with Gasteiger partial charge in [0.25, 0.3) is 0 Å². The molecule has 1 heterocycles. The fourth-order valence-corrected chi connectivity index (χ4v) is 3.38. The van der Waals surface area contributed by atoms with Crippen LogP contribution in [0.1, 0.15) is 39.0 Å². The minimum atomic E-state index is -0.441. The molecule has 4 aromatic rings. The highest BCUT2D eigenvalue weighted by atomic mass is 16.5. The van der Waals surface area contributed by atoms with Crippen LogP contribution in [0.15, 0.2) is 59.0 Å². The normalized spacial score (nSPS) is 11.1. The summed E-state index contributed by atoms with van der Waals surface area (Å²) in [7, 11) is 0. The maximum atomic E-state index is 12.6. The first-order valence-electron chi connectivity index (χ1n) is 8.70. The van der Waals surface area contributed by atoms with E-state index in [1.165, 1.54) is 6.92 Å². The van der Waals surface area contributed by atoms with Gasteiger partial charge in [-0.05, 0) is 39.0 Å². The average molecular weight is 358 g/mol. The Labute approximate surface area is 156 Å². The van der Waals surface area contributed by atoms with Crippen molar-refractivity contribution in [3.8, 4) is 5.75 Å². The molecule has 0 atom stereocenters. The van der Waals surface area contributed by atoms with E-state index in [-0.39, 0.29) is 5.78 Å². The Morgan fingerprint density at radius 3 is 2.22 bits per heavy atom. The highest BCUT2D eigenvalue weighted by molar-refractivity contribution is 6.16. The summed E-state index contributed by atoms with van der Waals surface area (Å²) in [5, 5.41) is 2.22. The van der Waals surface area contributed by atoms with Crippen LogP contribution in [0.4, 0.5) is 0 Å². The van der Waals surface area contributed by atoms with Crippen LogP contribution in [0, 0.1) is 13.8 Å². The van der Waals surface area contributed by atoms with E-state index in [1.807, 2.05) is 43.3 Å². The number of carbonyl (C=O) groups is 2. The molecule has 0 bridgehead atoms. The monoisotopic (exact) mass is 358 g/mol. The molecule has 3 aromatic carbocycles. The number of fused-ring (bicyclic) bond motifs is 3. The van der Waals surface area contributed by atoms with Gasteiger partial charge in [-0.2, -0.15) is 0 Å². The Morgan fingerprint density at radius 2 is 1.56 bits per heavy atom. The molecule has 0 fully saturated rings. The van der Waals surface area contributed by atoms with E-state index in [2.05, 4.69) is 0 Å². The van der Waals surface area contributed by atoms with Crippen LogP contribution >= 0.6 is 0 Å². The number of carbonyl (C=O) groups excluding carboxylic acids is 2. The van der Waals surface area contributed by atoms with Crippen LogP contribution in [0.2, 0.25) is 0 Å². The summed E-state index contributed by atoms with van der Waals surface area (Å²) in [6.07, 6.45) is 0. The lowest BCUT2D eigenvalue weighted by molar-refractivity contribution is 0.0737. The van der Waals surface area contributed by atoms with Gasteiger partial charge in [-0.15, -0.1) is 0 Å². The lowest BCUT2D eigenvalue weighted by Gasteiger charge is -2.09. The molecule has 134 valence electrons. The molecule has 0 N–H and O–H groups in total. The van der Waals surface area contributed by atoms with Gasteiger partial charge in [0.05, 0.1) is 11.1 Å². The lowest BCUT2D eigenvalue weighted by atomic mass is 10.0. The zero-order chi connectivity index (χ0) is 19.1. The molecule has 0 saturated carbocycles. The van der Waals surface area contributed by atoms with Gasteiger partial charge >= 0.3 is 5.97 Å². The van der Waals surface area contributed by atoms with Crippen LogP contribution in [0.25, 0.3) is 21.7 Å². The zero-order valence-electron chi connectivity index (χ0n) is 15.3. The highest BCUT2D eigenvalue weighted by Gasteiger charge is 2.20. The lowest BCUT2D eigenvalue weighted by Crippen LogP contribution is -2.08. The fraction of sp³-hybridized carbons (Fsp3) is 0.130. The predicted molar refractivity (Wildman–Crippen MR) is 105 cm³/mol. The third-order valence-electron chi connectivity index (χ3n) is 4.68. The van der Waals surface area contributed by atoms with Crippen molar-refractivity contribution >= 4 is 33.5 Å². The minimum Gasteiger partial charge on any atom is -0.460 e. The summed E-state index contributed by atoms with van der Waals surface area (Å²) in [6.45, 7) is 5.23. The maximum Gasteiger partial charge on any atom is 0.343 e. The molecule has 0 aliphatic carbocycles. The van der Waals surface area contributed by atoms with Crippen LogP contribution in [-0.2, 0) is 0 Å². The summed E-state index contributed by atoms with van der Waals surface area (Å²) in [4.78, 5) is 24.7. The second-order valence-electron chi connectivity index (χ2n) is 6.64. The second kappa shape index (κ2) is 6.40. The summed E-state index contributed by atoms with van der Waals surface area (Å²) in [5.74, 6) is 0.443. The molecule has 0 aliphatic heterocycles. The number of rotatable bonds is 3. The molecule has 0 spiro atoms. The summed E-state index contributed by atoms with van der Waals surface area (Å²) >= 11 is 0. The molecule has 4 rings (SSSR count). The number of hydrogen-bond donors (Lipinski definition) is 0. The van der Waals surface area contributed by atoms with Gasteiger partial charge in [0, 0.05) is 16.2 Å². The number of furan rings is 1. The topological polar surface area (TPSA) is 56.5 Å². The van der Waals surface area contributed by atoms with E-state index < -0.39 is 5.97 Å². The number of Topliss-reactive ketones (excluding diaryl/α,β-unsaturated/α-hetero) is 1. The van der Waals surface area contributed by atoms with Crippen LogP contribution < -0.4 is 4.74 Å². The van der Waals surface area contributed by atoms with E-state index in [1.54, 1.807) is 25.1 Å². The fourth-order valence-electron chi connectivity index (χ4n) is 3.38. The first-order chi connectivity index (χ1) is 13.0. The van der Waals surface area contributed by atoms with Crippen molar-refractivity contribution in [2.45, 2.75) is 20.8 Å². The van der Waals surface area contributed by atoms with Crippen molar-refractivity contribution in [1.29, 1.82) is 0 Å². The summed E-state index contributed by atoms with van der Waals surface area (Å²) < 4.78 is 11.6. The third kappa shape index (κ3) is 2.89. The smallest absolute Gasteiger partial charge is 0.343 e. The molecule has 0 saturated heterocycles. The van der Waals surface area contributed by atoms with Crippen LogP contribution in [0.3, 0.4) is 0 Å². The Hall–Kier alpha value is -3.40. The van der Waals surface area contributed by atoms with E-state index in [9.17, 15) is 9.59 Å². The molecule has 4 nitrogen and oxygen atoms in total. The van der Waals surface area contributed by atoms with Gasteiger partial charge in [-0.3, -0.25) is 4.79 Å². The maximum absolute atomic E-state index is 12.6. The van der Waals surface area contributed by atoms with Gasteiger partial charge in [-0.25, -0.2) is 4.79 Å². The minimum absolute atomic E-state index is 0.0858. The summed E-state index contributed by atoms with van der Waals surface area (Å²) in [6, 6.07) is 16.5. The Bertz CT molecular complexity index is 1200. The second-order valence-corrected chi connectivity index (χ2v) is 6.64. The van der Waals surface area contributed by atoms with Crippen molar-refractivity contribution in [1.82, 2.24) is 0 Å². The SMILES string of the molecule is CC(=O)c1c(C)oc2c1cc(OC(=O)c1ccc(C)cc1)c1ccccc12. The van der Waals surface area contributed by atoms with Gasteiger partial charge in [0.2, 0.25) is 0 Å². The van der Waals surface area contributed by atoms with Crippen LogP contribution in [-0.4, -0.2) is 11.8 Å². The van der Waals surface area contributed by atoms with Gasteiger partial charge < -0.3 is 9.15 Å². The number of ketones is 1. The molecule has 27 heavy (non-hydrogen) atoms. The quantitative estimate of drug-likeness (QED) is 0.271.